The van der Waals surface area contributed by atoms with Crippen molar-refractivity contribution in [2.24, 2.45) is 0 Å². The number of nitrogens with zero attached hydrogens (tertiary/aromatic N) is 4. The maximum Gasteiger partial charge on any atom is 0.420 e. The van der Waals surface area contributed by atoms with Crippen molar-refractivity contribution in [1.29, 1.82) is 0 Å². The third-order valence-electron chi connectivity index (χ3n) is 6.01. The van der Waals surface area contributed by atoms with Gasteiger partial charge in [0.1, 0.15) is 20.8 Å². The first-order valence-corrected chi connectivity index (χ1v) is 14.5. The Morgan fingerprint density at radius 1 is 1.14 bits per heavy atom. The van der Waals surface area contributed by atoms with E-state index >= 15 is 0 Å². The van der Waals surface area contributed by atoms with Crippen molar-refractivity contribution >= 4 is 56.4 Å². The monoisotopic (exact) mass is 575 g/mol. The molecule has 5 rings (SSSR count). The topological polar surface area (TPSA) is 78.4 Å². The highest BCUT2D eigenvalue weighted by molar-refractivity contribution is 7.89. The van der Waals surface area contributed by atoms with Crippen LogP contribution in [0.3, 0.4) is 0 Å². The molecule has 7 nitrogen and oxygen atoms in total. The summed E-state index contributed by atoms with van der Waals surface area (Å²) < 4.78 is 69.0. The Labute approximate surface area is 219 Å². The number of likely N-dealkylation sites (N-methyl/N-ethyl adjacent to an activating group) is 1. The molecule has 2 aromatic heterocycles. The summed E-state index contributed by atoms with van der Waals surface area (Å²) in [4.78, 5) is 10.7. The van der Waals surface area contributed by atoms with Crippen LogP contribution in [0.25, 0.3) is 10.6 Å². The van der Waals surface area contributed by atoms with Crippen LogP contribution in [0.15, 0.2) is 33.5 Å². The highest BCUT2D eigenvalue weighted by atomic mass is 35.5. The molecule has 2 aliphatic heterocycles. The molecule has 0 saturated heterocycles. The summed E-state index contributed by atoms with van der Waals surface area (Å²) in [6.45, 7) is 2.00. The predicted octanol–water partition coefficient (Wildman–Crippen LogP) is 4.68. The van der Waals surface area contributed by atoms with Crippen LogP contribution in [0.5, 0.6) is 0 Å². The Balaban J connectivity index is 1.56. The highest BCUT2D eigenvalue weighted by Crippen LogP contribution is 2.42. The van der Waals surface area contributed by atoms with Crippen LogP contribution in [0.4, 0.5) is 24.8 Å². The molecule has 0 spiro atoms. The van der Waals surface area contributed by atoms with Gasteiger partial charge in [-0.2, -0.15) is 13.2 Å². The molecule has 192 valence electrons. The second-order valence-corrected chi connectivity index (χ2v) is 13.4. The molecule has 0 fully saturated rings. The van der Waals surface area contributed by atoms with Crippen molar-refractivity contribution in [2.45, 2.75) is 28.2 Å². The number of rotatable bonds is 3. The smallest absolute Gasteiger partial charge is 0.323 e. The minimum atomic E-state index is -4.72. The van der Waals surface area contributed by atoms with Gasteiger partial charge in [0.2, 0.25) is 5.95 Å². The molecule has 14 heteroatoms. The van der Waals surface area contributed by atoms with Crippen molar-refractivity contribution in [2.75, 3.05) is 38.3 Å². The molecule has 4 heterocycles. The van der Waals surface area contributed by atoms with Gasteiger partial charge >= 0.3 is 6.18 Å². The van der Waals surface area contributed by atoms with E-state index in [4.69, 9.17) is 11.6 Å². The molecule has 1 aromatic carbocycles. The molecule has 0 saturated carbocycles. The van der Waals surface area contributed by atoms with Crippen molar-refractivity contribution in [3.8, 4) is 10.6 Å². The number of anilines is 2. The first-order chi connectivity index (χ1) is 17.0. The van der Waals surface area contributed by atoms with Crippen LogP contribution in [0.2, 0.25) is 5.02 Å². The summed E-state index contributed by atoms with van der Waals surface area (Å²) in [5.41, 5.74) is 1.29. The molecule has 2 atom stereocenters. The molecule has 0 radical (unpaired) electrons. The van der Waals surface area contributed by atoms with Crippen LogP contribution in [0.1, 0.15) is 16.7 Å². The van der Waals surface area contributed by atoms with Crippen LogP contribution in [-0.2, 0) is 40.9 Å². The largest absolute Gasteiger partial charge is 0.420 e. The zero-order valence-electron chi connectivity index (χ0n) is 19.2. The number of hydrogen-bond donors (Lipinski definition) is 1. The number of thiophene rings is 1. The van der Waals surface area contributed by atoms with Crippen LogP contribution < -0.4 is 5.32 Å². The van der Waals surface area contributed by atoms with Crippen molar-refractivity contribution in [1.82, 2.24) is 19.2 Å². The fraction of sp³-hybridized carbons (Fsp3) is 0.364. The third-order valence-corrected chi connectivity index (χ3v) is 10.8. The van der Waals surface area contributed by atoms with Crippen molar-refractivity contribution < 1.29 is 21.6 Å². The van der Waals surface area contributed by atoms with E-state index in [1.54, 1.807) is 7.05 Å². The molecule has 0 amide bonds. The minimum Gasteiger partial charge on any atom is -0.323 e. The Morgan fingerprint density at radius 3 is 2.67 bits per heavy atom. The fourth-order valence-electron chi connectivity index (χ4n) is 4.07. The first-order valence-electron chi connectivity index (χ1n) is 10.9. The molecule has 0 bridgehead atoms. The Kier molecular flexibility index (Phi) is 6.98. The lowest BCUT2D eigenvalue weighted by molar-refractivity contribution is -0.137. The number of benzene rings is 1. The van der Waals surface area contributed by atoms with E-state index in [1.165, 1.54) is 10.4 Å². The summed E-state index contributed by atoms with van der Waals surface area (Å²) in [5.74, 6) is 0.177. The van der Waals surface area contributed by atoms with Gasteiger partial charge in [-0.1, -0.05) is 11.6 Å². The SMILES string of the molecule is CN1CCc2cc(Nc3ncc(C(F)(F)F)c(-c4cc5c(s4)S(=O)N(C)CCS5=O)n3)c(Cl)cc2C1. The van der Waals surface area contributed by atoms with E-state index in [0.717, 1.165) is 48.2 Å². The standard InChI is InChI=1S/C22H21ClF3N5O2S3/c1-30-4-3-12-8-16(15(23)7-13(12)11-30)28-21-27-10-14(22(24,25)26)19(29-21)17-9-18-20(34-17)36(33)31(2)5-6-35(18)32/h7-10H,3-6,11H2,1-2H3,(H,27,28,29). The minimum absolute atomic E-state index is 0.0595. The lowest BCUT2D eigenvalue weighted by Gasteiger charge is -2.26. The fourth-order valence-corrected chi connectivity index (χ4v) is 8.99. The Hall–Kier alpha value is -1.90. The lowest BCUT2D eigenvalue weighted by Crippen LogP contribution is -2.26. The zero-order valence-corrected chi connectivity index (χ0v) is 22.4. The van der Waals surface area contributed by atoms with Crippen LogP contribution in [0, 0.1) is 0 Å². The number of hydrogen-bond acceptors (Lipinski definition) is 7. The van der Waals surface area contributed by atoms with Gasteiger partial charge < -0.3 is 10.2 Å². The quantitative estimate of drug-likeness (QED) is 0.488. The van der Waals surface area contributed by atoms with Gasteiger partial charge in [-0.25, -0.2) is 18.5 Å². The number of fused-ring (bicyclic) bond motifs is 2. The van der Waals surface area contributed by atoms with E-state index in [9.17, 15) is 21.6 Å². The molecule has 1 N–H and O–H groups in total. The number of alkyl halides is 3. The van der Waals surface area contributed by atoms with E-state index in [0.29, 0.717) is 17.3 Å². The number of nitrogens with one attached hydrogen (secondary N) is 1. The molecule has 36 heavy (non-hydrogen) atoms. The lowest BCUT2D eigenvalue weighted by atomic mass is 9.99. The Bertz CT molecular complexity index is 1400. The molecular weight excluding hydrogens is 555 g/mol. The van der Waals surface area contributed by atoms with Crippen molar-refractivity contribution in [3.05, 3.63) is 46.1 Å². The predicted molar refractivity (Wildman–Crippen MR) is 135 cm³/mol. The second-order valence-electron chi connectivity index (χ2n) is 8.58. The Morgan fingerprint density at radius 2 is 1.92 bits per heavy atom. The maximum atomic E-state index is 13.9. The maximum absolute atomic E-state index is 13.9. The molecule has 3 aromatic rings. The summed E-state index contributed by atoms with van der Waals surface area (Å²) in [6.07, 6.45) is -3.18. The van der Waals surface area contributed by atoms with Gasteiger partial charge in [0.05, 0.1) is 37.0 Å². The van der Waals surface area contributed by atoms with Crippen LogP contribution in [-0.4, -0.2) is 60.5 Å². The van der Waals surface area contributed by atoms with Gasteiger partial charge in [-0.05, 0) is 42.8 Å². The summed E-state index contributed by atoms with van der Waals surface area (Å²) in [6, 6.07) is 5.12. The number of aromatic nitrogens is 2. The number of halogens is 4. The normalized spacial score (nSPS) is 21.1. The zero-order chi connectivity index (χ0) is 25.8. The molecule has 0 aliphatic carbocycles. The summed E-state index contributed by atoms with van der Waals surface area (Å²) in [5, 5.41) is 3.37. The van der Waals surface area contributed by atoms with Gasteiger partial charge in [0.15, 0.2) is 0 Å². The molecular formula is C22H21ClF3N5O2S3. The summed E-state index contributed by atoms with van der Waals surface area (Å²) >= 11 is 7.36. The highest BCUT2D eigenvalue weighted by Gasteiger charge is 2.37. The van der Waals surface area contributed by atoms with Crippen molar-refractivity contribution in [3.63, 3.8) is 0 Å². The van der Waals surface area contributed by atoms with E-state index in [-0.39, 0.29) is 31.4 Å². The molecule has 2 aliphatic rings. The van der Waals surface area contributed by atoms with Crippen LogP contribution >= 0.6 is 22.9 Å². The second kappa shape index (κ2) is 9.76. The molecule has 2 unspecified atom stereocenters. The van der Waals surface area contributed by atoms with E-state index in [2.05, 4.69) is 20.2 Å². The average Bonchev–Trinajstić information content (AvgIpc) is 3.23. The summed E-state index contributed by atoms with van der Waals surface area (Å²) in [7, 11) is 0.534. The first kappa shape index (κ1) is 25.7. The van der Waals surface area contributed by atoms with Gasteiger partial charge in [0, 0.05) is 38.6 Å². The third kappa shape index (κ3) is 4.96. The van der Waals surface area contributed by atoms with E-state index in [1.807, 2.05) is 19.2 Å². The van der Waals surface area contributed by atoms with Gasteiger partial charge in [0.25, 0.3) is 0 Å². The van der Waals surface area contributed by atoms with E-state index < -0.39 is 33.5 Å². The average molecular weight is 576 g/mol. The van der Waals surface area contributed by atoms with Gasteiger partial charge in [-0.15, -0.1) is 11.3 Å². The van der Waals surface area contributed by atoms with Gasteiger partial charge in [-0.3, -0.25) is 4.21 Å².